The fourth-order valence-corrected chi connectivity index (χ4v) is 4.77. The summed E-state index contributed by atoms with van der Waals surface area (Å²) in [6.07, 6.45) is 1.28. The summed E-state index contributed by atoms with van der Waals surface area (Å²) >= 11 is 1.61. The number of amides is 1. The zero-order chi connectivity index (χ0) is 23.3. The van der Waals surface area contributed by atoms with Crippen LogP contribution in [0.15, 0.2) is 60.0 Å². The number of aliphatic hydroxyl groups is 1. The van der Waals surface area contributed by atoms with Crippen molar-refractivity contribution >= 4 is 36.6 Å². The van der Waals surface area contributed by atoms with Crippen molar-refractivity contribution in [2.75, 3.05) is 11.1 Å². The van der Waals surface area contributed by atoms with E-state index in [2.05, 4.69) is 5.32 Å². The second-order valence-electron chi connectivity index (χ2n) is 8.44. The van der Waals surface area contributed by atoms with Crippen LogP contribution < -0.4 is 11.1 Å². The molecule has 2 atom stereocenters. The second-order valence-corrected chi connectivity index (χ2v) is 10.7. The van der Waals surface area contributed by atoms with Crippen LogP contribution in [0.4, 0.5) is 11.4 Å². The van der Waals surface area contributed by atoms with Gasteiger partial charge in [0, 0.05) is 23.3 Å². The molecule has 0 bridgehead atoms. The molecule has 1 heterocycles. The monoisotopic (exact) mass is 471 g/mol. The Hall–Kier alpha value is -2.57. The van der Waals surface area contributed by atoms with Gasteiger partial charge in [0.2, 0.25) is 0 Å². The summed E-state index contributed by atoms with van der Waals surface area (Å²) in [5.41, 5.74) is 8.07. The fraction of sp³-hybridized carbons (Fsp3) is 0.292. The molecule has 2 unspecified atom stereocenters. The molecule has 2 aromatic carbocycles. The molecule has 0 radical (unpaired) electrons. The third-order valence-corrected chi connectivity index (χ3v) is 7.18. The molecule has 0 aliphatic heterocycles. The SMILES string of the molecule is CC(C)(O)CCC(Cc1ccc(C(=O)Nc2cc(-c3cccs3)ccc2N)cc1)[P+](=O)O. The highest BCUT2D eigenvalue weighted by molar-refractivity contribution is 7.38. The van der Waals surface area contributed by atoms with Gasteiger partial charge in [-0.2, -0.15) is 4.89 Å². The van der Waals surface area contributed by atoms with Gasteiger partial charge in [0.25, 0.3) is 5.91 Å². The van der Waals surface area contributed by atoms with E-state index in [1.807, 2.05) is 29.6 Å². The van der Waals surface area contributed by atoms with Crippen LogP contribution in [0.25, 0.3) is 10.4 Å². The summed E-state index contributed by atoms with van der Waals surface area (Å²) in [6.45, 7) is 3.37. The fourth-order valence-electron chi connectivity index (χ4n) is 3.33. The van der Waals surface area contributed by atoms with Crippen LogP contribution >= 0.6 is 19.4 Å². The number of rotatable bonds is 9. The highest BCUT2D eigenvalue weighted by atomic mass is 32.1. The Balaban J connectivity index is 1.67. The Morgan fingerprint density at radius 1 is 1.19 bits per heavy atom. The number of thiophene rings is 1. The van der Waals surface area contributed by atoms with E-state index in [-0.39, 0.29) is 5.91 Å². The summed E-state index contributed by atoms with van der Waals surface area (Å²) in [5.74, 6) is -0.279. The molecule has 6 nitrogen and oxygen atoms in total. The van der Waals surface area contributed by atoms with E-state index in [0.29, 0.717) is 36.2 Å². The number of hydrogen-bond acceptors (Lipinski definition) is 5. The predicted octanol–water partition coefficient (Wildman–Crippen LogP) is 5.45. The molecule has 8 heteroatoms. The van der Waals surface area contributed by atoms with Crippen molar-refractivity contribution < 1.29 is 19.4 Å². The van der Waals surface area contributed by atoms with Gasteiger partial charge in [0.15, 0.2) is 5.66 Å². The molecule has 168 valence electrons. The number of carbonyl (C=O) groups excluding carboxylic acids is 1. The molecule has 0 aliphatic rings. The highest BCUT2D eigenvalue weighted by Gasteiger charge is 2.31. The van der Waals surface area contributed by atoms with Gasteiger partial charge in [-0.05, 0) is 71.7 Å². The highest BCUT2D eigenvalue weighted by Crippen LogP contribution is 2.32. The summed E-state index contributed by atoms with van der Waals surface area (Å²) < 4.78 is 11.7. The van der Waals surface area contributed by atoms with E-state index >= 15 is 0 Å². The van der Waals surface area contributed by atoms with Crippen molar-refractivity contribution in [3.8, 4) is 10.4 Å². The molecule has 0 fully saturated rings. The molecule has 0 saturated heterocycles. The molecule has 3 rings (SSSR count). The topological polar surface area (TPSA) is 113 Å². The van der Waals surface area contributed by atoms with Crippen molar-refractivity contribution in [1.82, 2.24) is 0 Å². The lowest BCUT2D eigenvalue weighted by Gasteiger charge is -2.17. The lowest BCUT2D eigenvalue weighted by Crippen LogP contribution is -2.21. The molecular weight excluding hydrogens is 443 g/mol. The van der Waals surface area contributed by atoms with Gasteiger partial charge in [-0.25, -0.2) is 0 Å². The Morgan fingerprint density at radius 2 is 1.91 bits per heavy atom. The van der Waals surface area contributed by atoms with Crippen LogP contribution in [0.3, 0.4) is 0 Å². The zero-order valence-electron chi connectivity index (χ0n) is 18.1. The molecule has 0 spiro atoms. The minimum Gasteiger partial charge on any atom is -0.397 e. The molecular formula is C24H28N2O4PS+. The molecule has 5 N–H and O–H groups in total. The largest absolute Gasteiger partial charge is 0.509 e. The van der Waals surface area contributed by atoms with E-state index in [9.17, 15) is 19.4 Å². The minimum atomic E-state index is -2.37. The van der Waals surface area contributed by atoms with Crippen molar-refractivity contribution in [3.05, 3.63) is 71.1 Å². The molecule has 3 aromatic rings. The molecule has 1 aromatic heterocycles. The van der Waals surface area contributed by atoms with Crippen molar-refractivity contribution in [2.24, 2.45) is 0 Å². The maximum Gasteiger partial charge on any atom is 0.509 e. The first-order valence-electron chi connectivity index (χ1n) is 10.3. The average molecular weight is 472 g/mol. The standard InChI is InChI=1S/C24H27N2O4PS/c1-24(2,28)12-11-19(31(29)30)14-16-5-7-17(8-6-16)23(27)26-21-15-18(9-10-20(21)25)22-4-3-13-32-22/h3-10,13,15,19,28H,11-12,14,25H2,1-2H3,(H-,26,27,29,30)/p+1. The first kappa shape index (κ1) is 24.1. The van der Waals surface area contributed by atoms with Gasteiger partial charge in [-0.15, -0.1) is 11.3 Å². The summed E-state index contributed by atoms with van der Waals surface area (Å²) in [4.78, 5) is 23.5. The Bertz CT molecular complexity index is 1080. The summed E-state index contributed by atoms with van der Waals surface area (Å²) in [5, 5.41) is 14.8. The minimum absolute atomic E-state index is 0.279. The van der Waals surface area contributed by atoms with Crippen molar-refractivity contribution in [3.63, 3.8) is 0 Å². The van der Waals surface area contributed by atoms with Crippen molar-refractivity contribution in [1.29, 1.82) is 0 Å². The summed E-state index contributed by atoms with van der Waals surface area (Å²) in [7, 11) is -2.37. The lowest BCUT2D eigenvalue weighted by atomic mass is 9.98. The number of anilines is 2. The molecule has 1 amide bonds. The Morgan fingerprint density at radius 3 is 2.50 bits per heavy atom. The number of nitrogens with two attached hydrogens (primary N) is 1. The van der Waals surface area contributed by atoms with E-state index < -0.39 is 19.3 Å². The average Bonchev–Trinajstić information content (AvgIpc) is 3.27. The predicted molar refractivity (Wildman–Crippen MR) is 131 cm³/mol. The van der Waals surface area contributed by atoms with E-state index in [1.165, 1.54) is 0 Å². The lowest BCUT2D eigenvalue weighted by molar-refractivity contribution is 0.0683. The number of carbonyl (C=O) groups is 1. The number of benzene rings is 2. The first-order chi connectivity index (χ1) is 15.1. The molecule has 0 saturated carbocycles. The van der Waals surface area contributed by atoms with E-state index in [4.69, 9.17) is 5.73 Å². The van der Waals surface area contributed by atoms with Gasteiger partial charge < -0.3 is 16.2 Å². The Labute approximate surface area is 193 Å². The van der Waals surface area contributed by atoms with Crippen molar-refractivity contribution in [2.45, 2.75) is 44.4 Å². The molecule has 0 aliphatic carbocycles. The third-order valence-electron chi connectivity index (χ3n) is 5.20. The van der Waals surface area contributed by atoms with Crippen LogP contribution in [0.5, 0.6) is 0 Å². The second kappa shape index (κ2) is 10.4. The van der Waals surface area contributed by atoms with Crippen LogP contribution in [0.2, 0.25) is 0 Å². The normalized spacial score (nSPS) is 12.9. The number of nitrogen functional groups attached to an aromatic ring is 1. The van der Waals surface area contributed by atoms with E-state index in [1.54, 1.807) is 55.5 Å². The first-order valence-corrected chi connectivity index (χ1v) is 12.5. The summed E-state index contributed by atoms with van der Waals surface area (Å²) in [6, 6.07) is 16.5. The van der Waals surface area contributed by atoms with Crippen LogP contribution in [0.1, 0.15) is 42.6 Å². The van der Waals surface area contributed by atoms with Gasteiger partial charge >= 0.3 is 8.03 Å². The van der Waals surface area contributed by atoms with Crippen LogP contribution in [-0.4, -0.2) is 27.2 Å². The van der Waals surface area contributed by atoms with Crippen LogP contribution in [0, 0.1) is 0 Å². The third kappa shape index (κ3) is 6.71. The van der Waals surface area contributed by atoms with Crippen LogP contribution in [-0.2, 0) is 11.0 Å². The maximum absolute atomic E-state index is 12.7. The smallest absolute Gasteiger partial charge is 0.397 e. The van der Waals surface area contributed by atoms with Gasteiger partial charge in [-0.1, -0.05) is 24.3 Å². The van der Waals surface area contributed by atoms with Gasteiger partial charge in [0.1, 0.15) is 0 Å². The number of nitrogens with one attached hydrogen (secondary N) is 1. The van der Waals surface area contributed by atoms with Gasteiger partial charge in [0.05, 0.1) is 17.0 Å². The Kier molecular flexibility index (Phi) is 7.80. The number of hydrogen-bond donors (Lipinski definition) is 4. The maximum atomic E-state index is 12.7. The molecule has 32 heavy (non-hydrogen) atoms. The quantitative estimate of drug-likeness (QED) is 0.245. The zero-order valence-corrected chi connectivity index (χ0v) is 19.8. The van der Waals surface area contributed by atoms with E-state index in [0.717, 1.165) is 16.0 Å². The van der Waals surface area contributed by atoms with Gasteiger partial charge in [-0.3, -0.25) is 4.79 Å².